The second-order valence-electron chi connectivity index (χ2n) is 7.50. The maximum Gasteiger partial charge on any atom is 0.249 e. The zero-order chi connectivity index (χ0) is 20.5. The molecule has 2 aromatic carbocycles. The second kappa shape index (κ2) is 7.83. The monoisotopic (exact) mass is 399 g/mol. The van der Waals surface area contributed by atoms with E-state index in [4.69, 9.17) is 10.5 Å². The number of nitrogens with one attached hydrogen (secondary N) is 1. The van der Waals surface area contributed by atoms with Crippen LogP contribution in [0.25, 0.3) is 10.9 Å². The Kier molecular flexibility index (Phi) is 5.24. The molecule has 0 radical (unpaired) electrons. The summed E-state index contributed by atoms with van der Waals surface area (Å²) < 4.78 is 35.1. The minimum absolute atomic E-state index is 0.0369. The number of rotatable bonds is 6. The summed E-state index contributed by atoms with van der Waals surface area (Å²) in [6.45, 7) is 3.15. The Morgan fingerprint density at radius 3 is 2.93 bits per heavy atom. The predicted octanol–water partition coefficient (Wildman–Crippen LogP) is 3.56. The van der Waals surface area contributed by atoms with Crippen molar-refractivity contribution in [3.63, 3.8) is 0 Å². The molecule has 2 atom stereocenters. The first kappa shape index (κ1) is 19.4. The topological polar surface area (TPSA) is 69.3 Å². The molecule has 29 heavy (non-hydrogen) atoms. The Morgan fingerprint density at radius 1 is 1.31 bits per heavy atom. The van der Waals surface area contributed by atoms with Crippen LogP contribution in [0.5, 0.6) is 5.75 Å². The highest BCUT2D eigenvalue weighted by Gasteiger charge is 2.26. The first-order valence-corrected chi connectivity index (χ1v) is 9.67. The van der Waals surface area contributed by atoms with Crippen LogP contribution in [-0.2, 0) is 6.42 Å². The number of benzene rings is 2. The lowest BCUT2D eigenvalue weighted by atomic mass is 9.96. The molecule has 0 saturated carbocycles. The number of nitrogens with two attached hydrogens (primary N) is 1. The zero-order valence-corrected chi connectivity index (χ0v) is 16.1. The Bertz CT molecular complexity index is 1060. The van der Waals surface area contributed by atoms with Gasteiger partial charge in [0.1, 0.15) is 12.4 Å². The summed E-state index contributed by atoms with van der Waals surface area (Å²) in [6.07, 6.45) is 3.29. The van der Waals surface area contributed by atoms with Gasteiger partial charge in [0.2, 0.25) is 5.91 Å². The fourth-order valence-electron chi connectivity index (χ4n) is 3.96. The maximum absolute atomic E-state index is 14.0. The Morgan fingerprint density at radius 2 is 2.14 bits per heavy atom. The van der Waals surface area contributed by atoms with Crippen LogP contribution in [0.15, 0.2) is 42.6 Å². The Labute approximate surface area is 167 Å². The molecule has 0 saturated heterocycles. The molecule has 2 heterocycles. The normalized spacial score (nSPS) is 17.0. The number of amides is 1. The quantitative estimate of drug-likeness (QED) is 0.666. The molecule has 1 amide bonds. The smallest absolute Gasteiger partial charge is 0.249 e. The van der Waals surface area contributed by atoms with Gasteiger partial charge >= 0.3 is 0 Å². The van der Waals surface area contributed by atoms with Crippen molar-refractivity contribution in [1.82, 2.24) is 9.88 Å². The summed E-state index contributed by atoms with van der Waals surface area (Å²) >= 11 is 0. The van der Waals surface area contributed by atoms with E-state index in [1.165, 1.54) is 24.3 Å². The Hall–Kier alpha value is -2.93. The second-order valence-corrected chi connectivity index (χ2v) is 7.50. The van der Waals surface area contributed by atoms with Crippen LogP contribution in [0.3, 0.4) is 0 Å². The van der Waals surface area contributed by atoms with Gasteiger partial charge in [0, 0.05) is 40.3 Å². The van der Waals surface area contributed by atoms with E-state index >= 15 is 0 Å². The predicted molar refractivity (Wildman–Crippen MR) is 107 cm³/mol. The van der Waals surface area contributed by atoms with Crippen molar-refractivity contribution < 1.29 is 18.3 Å². The molecule has 4 rings (SSSR count). The van der Waals surface area contributed by atoms with Crippen LogP contribution < -0.4 is 15.8 Å². The summed E-state index contributed by atoms with van der Waals surface area (Å²) in [5.41, 5.74) is 7.23. The maximum atomic E-state index is 14.0. The van der Waals surface area contributed by atoms with E-state index in [-0.39, 0.29) is 23.7 Å². The number of hydrogen-bond donors (Lipinski definition) is 2. The number of carbonyl (C=O) groups is 1. The minimum atomic E-state index is -0.588. The summed E-state index contributed by atoms with van der Waals surface area (Å²) in [4.78, 5) is 11.7. The molecule has 1 aliphatic heterocycles. The van der Waals surface area contributed by atoms with Gasteiger partial charge in [-0.15, -0.1) is 0 Å². The van der Waals surface area contributed by atoms with Crippen molar-refractivity contribution >= 4 is 16.8 Å². The molecule has 5 nitrogen and oxygen atoms in total. The molecule has 3 N–H and O–H groups in total. The third-order valence-electron chi connectivity index (χ3n) is 5.51. The molecule has 0 aliphatic carbocycles. The van der Waals surface area contributed by atoms with Crippen molar-refractivity contribution in [3.8, 4) is 5.75 Å². The molecule has 0 spiro atoms. The summed E-state index contributed by atoms with van der Waals surface area (Å²) in [6, 6.07) is 9.49. The standard InChI is InChI=1S/C22H23F2N3O2/c1-13(27-9-7-14-10-15(23)2-5-20(14)27)6-8-26-16-11-18-17(22(25)28)3-4-19(24)21(18)29-12-16/h2-5,7,9-10,13,16,26H,6,8,11-12H2,1H3,(H2,25,28)/t13-,16-/m1/s1. The van der Waals surface area contributed by atoms with E-state index in [0.29, 0.717) is 30.7 Å². The molecule has 1 aliphatic rings. The van der Waals surface area contributed by atoms with Gasteiger partial charge < -0.3 is 20.4 Å². The van der Waals surface area contributed by atoms with E-state index in [1.807, 2.05) is 12.3 Å². The van der Waals surface area contributed by atoms with Gasteiger partial charge in [-0.2, -0.15) is 0 Å². The molecule has 0 fully saturated rings. The van der Waals surface area contributed by atoms with Crippen LogP contribution in [-0.4, -0.2) is 29.7 Å². The summed E-state index contributed by atoms with van der Waals surface area (Å²) in [5.74, 6) is -1.18. The number of halogens is 2. The SMILES string of the molecule is C[C@H](CCN[C@H]1COc2c(F)ccc(C(N)=O)c2C1)n1ccc2cc(F)ccc21. The first-order chi connectivity index (χ1) is 13.9. The molecular weight excluding hydrogens is 376 g/mol. The highest BCUT2D eigenvalue weighted by molar-refractivity contribution is 5.95. The van der Waals surface area contributed by atoms with Gasteiger partial charge in [0.05, 0.1) is 0 Å². The number of aromatic nitrogens is 1. The third-order valence-corrected chi connectivity index (χ3v) is 5.51. The lowest BCUT2D eigenvalue weighted by Crippen LogP contribution is -2.41. The van der Waals surface area contributed by atoms with Crippen LogP contribution in [0, 0.1) is 11.6 Å². The van der Waals surface area contributed by atoms with Gasteiger partial charge in [0.25, 0.3) is 0 Å². The molecule has 0 unspecified atom stereocenters. The largest absolute Gasteiger partial charge is 0.489 e. The van der Waals surface area contributed by atoms with Gasteiger partial charge in [-0.25, -0.2) is 8.78 Å². The van der Waals surface area contributed by atoms with Gasteiger partial charge in [-0.3, -0.25) is 4.79 Å². The summed E-state index contributed by atoms with van der Waals surface area (Å²) in [7, 11) is 0. The Balaban J connectivity index is 1.39. The third kappa shape index (κ3) is 3.82. The van der Waals surface area contributed by atoms with E-state index in [9.17, 15) is 13.6 Å². The van der Waals surface area contributed by atoms with Crippen LogP contribution in [0.1, 0.15) is 35.3 Å². The van der Waals surface area contributed by atoms with Crippen molar-refractivity contribution in [2.24, 2.45) is 5.73 Å². The number of primary amides is 1. The molecule has 0 bridgehead atoms. The minimum Gasteiger partial charge on any atom is -0.489 e. The van der Waals surface area contributed by atoms with Gasteiger partial charge in [-0.1, -0.05) is 0 Å². The van der Waals surface area contributed by atoms with Crippen molar-refractivity contribution in [2.45, 2.75) is 31.8 Å². The molecule has 152 valence electrons. The van der Waals surface area contributed by atoms with E-state index < -0.39 is 11.7 Å². The van der Waals surface area contributed by atoms with Crippen molar-refractivity contribution in [3.05, 3.63) is 65.4 Å². The fourth-order valence-corrected chi connectivity index (χ4v) is 3.96. The number of hydrogen-bond acceptors (Lipinski definition) is 3. The molecular formula is C22H23F2N3O2. The van der Waals surface area contributed by atoms with Crippen LogP contribution in [0.4, 0.5) is 8.78 Å². The lowest BCUT2D eigenvalue weighted by Gasteiger charge is -2.28. The zero-order valence-electron chi connectivity index (χ0n) is 16.1. The van der Waals surface area contributed by atoms with Crippen molar-refractivity contribution in [2.75, 3.05) is 13.2 Å². The molecule has 3 aromatic rings. The first-order valence-electron chi connectivity index (χ1n) is 9.67. The molecule has 1 aromatic heterocycles. The number of fused-ring (bicyclic) bond motifs is 2. The lowest BCUT2D eigenvalue weighted by molar-refractivity contribution is 0.0997. The van der Waals surface area contributed by atoms with Crippen molar-refractivity contribution in [1.29, 1.82) is 0 Å². The highest BCUT2D eigenvalue weighted by Crippen LogP contribution is 2.31. The average molecular weight is 399 g/mol. The van der Waals surface area contributed by atoms with E-state index in [0.717, 1.165) is 17.3 Å². The highest BCUT2D eigenvalue weighted by atomic mass is 19.1. The van der Waals surface area contributed by atoms with Crippen LogP contribution >= 0.6 is 0 Å². The fraction of sp³-hybridized carbons (Fsp3) is 0.318. The van der Waals surface area contributed by atoms with Gasteiger partial charge in [-0.05, 0) is 62.7 Å². The number of carbonyl (C=O) groups excluding carboxylic acids is 1. The van der Waals surface area contributed by atoms with E-state index in [2.05, 4.69) is 16.8 Å². The van der Waals surface area contributed by atoms with E-state index in [1.54, 1.807) is 6.07 Å². The number of nitrogens with zero attached hydrogens (tertiary/aromatic N) is 1. The average Bonchev–Trinajstić information content (AvgIpc) is 3.11. The molecule has 7 heteroatoms. The number of ether oxygens (including phenoxy) is 1. The van der Waals surface area contributed by atoms with Crippen LogP contribution in [0.2, 0.25) is 0 Å². The van der Waals surface area contributed by atoms with Gasteiger partial charge in [0.15, 0.2) is 11.6 Å². The summed E-state index contributed by atoms with van der Waals surface area (Å²) in [5, 5.41) is 4.30.